The van der Waals surface area contributed by atoms with Gasteiger partial charge in [-0.05, 0) is 51.1 Å². The molecule has 0 aromatic carbocycles. The Labute approximate surface area is 149 Å². The van der Waals surface area contributed by atoms with E-state index in [9.17, 15) is 0 Å². The third-order valence-electron chi connectivity index (χ3n) is 4.70. The molecular weight excluding hydrogens is 346 g/mol. The molecule has 2 heterocycles. The summed E-state index contributed by atoms with van der Waals surface area (Å²) in [6.45, 7) is 7.87. The summed E-state index contributed by atoms with van der Waals surface area (Å²) in [5, 5.41) is 3.28. The molecule has 1 aromatic heterocycles. The number of piperidine rings is 1. The number of nitrogens with zero attached hydrogens (tertiary/aromatic N) is 2. The number of hydrogen-bond donors (Lipinski definition) is 3. The molecule has 0 bridgehead atoms. The highest BCUT2D eigenvalue weighted by atomic mass is 32.3. The van der Waals surface area contributed by atoms with E-state index in [2.05, 4.69) is 29.0 Å². The summed E-state index contributed by atoms with van der Waals surface area (Å²) in [6.07, 6.45) is 7.21. The Morgan fingerprint density at radius 2 is 2.00 bits per heavy atom. The smallest absolute Gasteiger partial charge is 0.394 e. The molecule has 1 aromatic rings. The molecule has 1 saturated heterocycles. The summed E-state index contributed by atoms with van der Waals surface area (Å²) in [5.74, 6) is 1.92. The lowest BCUT2D eigenvalue weighted by Crippen LogP contribution is -2.49. The highest BCUT2D eigenvalue weighted by Gasteiger charge is 2.37. The summed E-state index contributed by atoms with van der Waals surface area (Å²) < 4.78 is 37.5. The molecule has 2 atom stereocenters. The van der Waals surface area contributed by atoms with Crippen molar-refractivity contribution in [3.63, 3.8) is 0 Å². The molecule has 144 valence electrons. The molecule has 25 heavy (non-hydrogen) atoms. The molecule has 2 unspecified atom stereocenters. The Balaban J connectivity index is 0.000000399. The van der Waals surface area contributed by atoms with Gasteiger partial charge in [-0.3, -0.25) is 14.0 Å². The third kappa shape index (κ3) is 6.25. The van der Waals surface area contributed by atoms with E-state index in [0.29, 0.717) is 6.04 Å². The van der Waals surface area contributed by atoms with Gasteiger partial charge in [0.1, 0.15) is 5.76 Å². The van der Waals surface area contributed by atoms with Crippen LogP contribution in [-0.4, -0.2) is 53.1 Å². The molecule has 0 spiro atoms. The Kier molecular flexibility index (Phi) is 7.24. The van der Waals surface area contributed by atoms with E-state index in [1.165, 1.54) is 38.0 Å². The Morgan fingerprint density at radius 1 is 1.28 bits per heavy atom. The van der Waals surface area contributed by atoms with Crippen LogP contribution in [0, 0.1) is 5.92 Å². The lowest BCUT2D eigenvalue weighted by atomic mass is 9.79. The lowest BCUT2D eigenvalue weighted by Gasteiger charge is -2.43. The highest BCUT2D eigenvalue weighted by molar-refractivity contribution is 7.79. The van der Waals surface area contributed by atoms with Crippen molar-refractivity contribution in [2.75, 3.05) is 25.0 Å². The van der Waals surface area contributed by atoms with Crippen LogP contribution < -0.4 is 5.32 Å². The largest absolute Gasteiger partial charge is 0.428 e. The number of oxazole rings is 1. The number of hydrogen-bond acceptors (Lipinski definition) is 6. The van der Waals surface area contributed by atoms with Crippen LogP contribution in [0.3, 0.4) is 0 Å². The zero-order valence-corrected chi connectivity index (χ0v) is 15.8. The predicted octanol–water partition coefficient (Wildman–Crippen LogP) is 2.43. The van der Waals surface area contributed by atoms with Crippen molar-refractivity contribution in [1.82, 2.24) is 9.88 Å². The predicted molar refractivity (Wildman–Crippen MR) is 95.2 cm³/mol. The number of nitrogens with one attached hydrogen (secondary N) is 1. The first-order valence-electron chi connectivity index (χ1n) is 8.98. The third-order valence-corrected chi connectivity index (χ3v) is 4.70. The Hall–Kier alpha value is -1.16. The second-order valence-corrected chi connectivity index (χ2v) is 7.57. The van der Waals surface area contributed by atoms with Gasteiger partial charge in [0, 0.05) is 19.0 Å². The lowest BCUT2D eigenvalue weighted by molar-refractivity contribution is 0.0799. The van der Waals surface area contributed by atoms with E-state index in [-0.39, 0.29) is 0 Å². The van der Waals surface area contributed by atoms with Gasteiger partial charge < -0.3 is 9.73 Å². The van der Waals surface area contributed by atoms with Gasteiger partial charge in [0.05, 0.1) is 5.69 Å². The monoisotopic (exact) mass is 375 g/mol. The quantitative estimate of drug-likeness (QED) is 0.672. The van der Waals surface area contributed by atoms with Crippen molar-refractivity contribution in [2.24, 2.45) is 5.92 Å². The van der Waals surface area contributed by atoms with Crippen molar-refractivity contribution < 1.29 is 21.9 Å². The summed E-state index contributed by atoms with van der Waals surface area (Å²) >= 11 is 0. The molecule has 0 amide bonds. The van der Waals surface area contributed by atoms with Crippen LogP contribution in [0.1, 0.15) is 51.0 Å². The maximum atomic E-state index is 8.74. The van der Waals surface area contributed by atoms with Crippen LogP contribution in [0.2, 0.25) is 0 Å². The van der Waals surface area contributed by atoms with E-state index in [0.717, 1.165) is 43.5 Å². The Bertz CT molecular complexity index is 636. The zero-order valence-electron chi connectivity index (χ0n) is 14.9. The van der Waals surface area contributed by atoms with Crippen LogP contribution in [0.4, 0.5) is 6.01 Å². The van der Waals surface area contributed by atoms with Gasteiger partial charge in [-0.25, -0.2) is 0 Å². The second-order valence-electron chi connectivity index (χ2n) is 6.68. The van der Waals surface area contributed by atoms with Gasteiger partial charge in [0.15, 0.2) is 0 Å². The van der Waals surface area contributed by atoms with Crippen molar-refractivity contribution in [3.05, 3.63) is 11.5 Å². The molecular formula is C16H29N3O5S. The minimum Gasteiger partial charge on any atom is -0.428 e. The number of anilines is 1. The molecule has 1 aliphatic heterocycles. The fourth-order valence-corrected chi connectivity index (χ4v) is 3.76. The minimum absolute atomic E-state index is 0.683. The first kappa shape index (κ1) is 20.2. The maximum absolute atomic E-state index is 8.74. The SMILES string of the molecule is CCCNc1nc2c(o1)CC1C(CCCN1CCC)C2.O=S(=O)(O)O. The molecule has 3 rings (SSSR count). The molecule has 2 aliphatic rings. The van der Waals surface area contributed by atoms with Gasteiger partial charge in [-0.15, -0.1) is 0 Å². The number of likely N-dealkylation sites (tertiary alicyclic amines) is 1. The van der Waals surface area contributed by atoms with E-state index < -0.39 is 10.4 Å². The van der Waals surface area contributed by atoms with Crippen LogP contribution in [0.25, 0.3) is 0 Å². The van der Waals surface area contributed by atoms with E-state index in [4.69, 9.17) is 21.9 Å². The molecule has 1 fully saturated rings. The zero-order chi connectivity index (χ0) is 18.4. The average molecular weight is 375 g/mol. The van der Waals surface area contributed by atoms with Crippen LogP contribution in [0.15, 0.2) is 4.42 Å². The molecule has 1 aliphatic carbocycles. The first-order valence-corrected chi connectivity index (χ1v) is 10.4. The van der Waals surface area contributed by atoms with Crippen LogP contribution in [-0.2, 0) is 23.2 Å². The van der Waals surface area contributed by atoms with Crippen molar-refractivity contribution in [1.29, 1.82) is 0 Å². The van der Waals surface area contributed by atoms with Crippen molar-refractivity contribution in [3.8, 4) is 0 Å². The Morgan fingerprint density at radius 3 is 2.64 bits per heavy atom. The number of aromatic nitrogens is 1. The summed E-state index contributed by atoms with van der Waals surface area (Å²) in [4.78, 5) is 7.33. The minimum atomic E-state index is -4.67. The van der Waals surface area contributed by atoms with Gasteiger partial charge in [0.2, 0.25) is 0 Å². The fourth-order valence-electron chi connectivity index (χ4n) is 3.76. The first-order chi connectivity index (χ1) is 11.8. The van der Waals surface area contributed by atoms with Crippen molar-refractivity contribution >= 4 is 16.4 Å². The van der Waals surface area contributed by atoms with Crippen molar-refractivity contribution in [2.45, 2.75) is 58.4 Å². The van der Waals surface area contributed by atoms with E-state index in [1.807, 2.05) is 0 Å². The molecule has 3 N–H and O–H groups in total. The highest BCUT2D eigenvalue weighted by Crippen LogP contribution is 2.35. The second kappa shape index (κ2) is 8.98. The number of fused-ring (bicyclic) bond motifs is 2. The van der Waals surface area contributed by atoms with Crippen LogP contribution >= 0.6 is 0 Å². The van der Waals surface area contributed by atoms with Gasteiger partial charge in [-0.2, -0.15) is 13.4 Å². The van der Waals surface area contributed by atoms with Crippen LogP contribution in [0.5, 0.6) is 0 Å². The standard InChI is InChI=1S/C16H27N3O.H2O4S/c1-3-7-17-16-18-13-10-12-6-5-9-19(8-4-2)14(12)11-15(13)20-16;1-5(2,3)4/h12,14H,3-11H2,1-2H3,(H,17,18);(H2,1,2,3,4). The molecule has 8 nitrogen and oxygen atoms in total. The fraction of sp³-hybridized carbons (Fsp3) is 0.812. The maximum Gasteiger partial charge on any atom is 0.394 e. The normalized spacial score (nSPS) is 23.2. The average Bonchev–Trinajstić information content (AvgIpc) is 2.91. The topological polar surface area (TPSA) is 116 Å². The summed E-state index contributed by atoms with van der Waals surface area (Å²) in [6, 6.07) is 1.42. The summed E-state index contributed by atoms with van der Waals surface area (Å²) in [5.41, 5.74) is 1.21. The van der Waals surface area contributed by atoms with E-state index >= 15 is 0 Å². The van der Waals surface area contributed by atoms with Gasteiger partial charge in [-0.1, -0.05) is 13.8 Å². The number of rotatable bonds is 5. The molecule has 0 radical (unpaired) electrons. The van der Waals surface area contributed by atoms with Gasteiger partial charge >= 0.3 is 10.4 Å². The van der Waals surface area contributed by atoms with Gasteiger partial charge in [0.25, 0.3) is 6.01 Å². The van der Waals surface area contributed by atoms with E-state index in [1.54, 1.807) is 0 Å². The summed E-state index contributed by atoms with van der Waals surface area (Å²) in [7, 11) is -4.67. The molecule has 0 saturated carbocycles. The molecule has 9 heteroatoms.